The predicted molar refractivity (Wildman–Crippen MR) is 63.8 cm³/mol. The van der Waals surface area contributed by atoms with Crippen molar-refractivity contribution >= 4 is 5.82 Å². The third-order valence-electron chi connectivity index (χ3n) is 2.32. The minimum atomic E-state index is 0.518. The molecule has 0 fully saturated rings. The van der Waals surface area contributed by atoms with Crippen LogP contribution in [-0.2, 0) is 13.1 Å². The quantitative estimate of drug-likeness (QED) is 0.843. The molecule has 0 amide bonds. The van der Waals surface area contributed by atoms with Crippen LogP contribution >= 0.6 is 0 Å². The van der Waals surface area contributed by atoms with E-state index in [-0.39, 0.29) is 0 Å². The molecular weight excluding hydrogens is 218 g/mol. The SMILES string of the molecule is CCn1ccc(NCc2ccc(OC)nn2)n1. The lowest BCUT2D eigenvalue weighted by atomic mass is 10.4. The Kier molecular flexibility index (Phi) is 3.54. The summed E-state index contributed by atoms with van der Waals surface area (Å²) in [4.78, 5) is 0. The van der Waals surface area contributed by atoms with Crippen molar-refractivity contribution in [2.45, 2.75) is 20.0 Å². The van der Waals surface area contributed by atoms with E-state index in [0.29, 0.717) is 12.4 Å². The molecule has 0 saturated heterocycles. The van der Waals surface area contributed by atoms with E-state index in [9.17, 15) is 0 Å². The van der Waals surface area contributed by atoms with E-state index in [4.69, 9.17) is 4.74 Å². The van der Waals surface area contributed by atoms with Gasteiger partial charge in [0.05, 0.1) is 19.3 Å². The maximum absolute atomic E-state index is 4.94. The maximum atomic E-state index is 4.94. The van der Waals surface area contributed by atoms with Gasteiger partial charge in [-0.05, 0) is 13.0 Å². The van der Waals surface area contributed by atoms with Gasteiger partial charge in [0.2, 0.25) is 5.88 Å². The average molecular weight is 233 g/mol. The normalized spacial score (nSPS) is 10.2. The Bertz CT molecular complexity index is 465. The summed E-state index contributed by atoms with van der Waals surface area (Å²) in [5, 5.41) is 15.4. The molecule has 0 aromatic carbocycles. The summed E-state index contributed by atoms with van der Waals surface area (Å²) in [5.74, 6) is 1.36. The molecule has 0 aliphatic carbocycles. The van der Waals surface area contributed by atoms with Crippen molar-refractivity contribution in [3.8, 4) is 5.88 Å². The van der Waals surface area contributed by atoms with Crippen molar-refractivity contribution in [2.24, 2.45) is 0 Å². The molecule has 2 aromatic heterocycles. The molecule has 0 atom stereocenters. The molecule has 0 bridgehead atoms. The fourth-order valence-corrected chi connectivity index (χ4v) is 1.36. The molecule has 0 saturated carbocycles. The standard InChI is InChI=1S/C11H15N5O/c1-3-16-7-6-10(15-16)12-8-9-4-5-11(17-2)14-13-9/h4-7H,3,8H2,1-2H3,(H,12,15). The summed E-state index contributed by atoms with van der Waals surface area (Å²) in [6.07, 6.45) is 1.93. The Morgan fingerprint density at radius 1 is 1.29 bits per heavy atom. The largest absolute Gasteiger partial charge is 0.480 e. The first-order chi connectivity index (χ1) is 8.31. The third kappa shape index (κ3) is 2.93. The molecule has 6 heteroatoms. The van der Waals surface area contributed by atoms with E-state index >= 15 is 0 Å². The van der Waals surface area contributed by atoms with Gasteiger partial charge in [0.15, 0.2) is 0 Å². The highest BCUT2D eigenvalue weighted by Gasteiger charge is 2.00. The smallest absolute Gasteiger partial charge is 0.233 e. The molecule has 6 nitrogen and oxygen atoms in total. The summed E-state index contributed by atoms with van der Waals surface area (Å²) in [6.45, 7) is 3.51. The Hall–Kier alpha value is -2.11. The van der Waals surface area contributed by atoms with E-state index in [2.05, 4.69) is 20.6 Å². The number of aromatic nitrogens is 4. The molecule has 90 valence electrons. The van der Waals surface area contributed by atoms with Crippen LogP contribution in [0.2, 0.25) is 0 Å². The van der Waals surface area contributed by atoms with Gasteiger partial charge in [-0.3, -0.25) is 4.68 Å². The summed E-state index contributed by atoms with van der Waals surface area (Å²) in [6, 6.07) is 5.59. The summed E-state index contributed by atoms with van der Waals surface area (Å²) in [7, 11) is 1.57. The van der Waals surface area contributed by atoms with Crippen LogP contribution in [0.15, 0.2) is 24.4 Å². The van der Waals surface area contributed by atoms with Crippen molar-refractivity contribution < 1.29 is 4.74 Å². The van der Waals surface area contributed by atoms with Crippen LogP contribution in [0, 0.1) is 0 Å². The van der Waals surface area contributed by atoms with Gasteiger partial charge in [0.25, 0.3) is 0 Å². The van der Waals surface area contributed by atoms with Crippen molar-refractivity contribution in [1.29, 1.82) is 0 Å². The lowest BCUT2D eigenvalue weighted by Gasteiger charge is -2.02. The van der Waals surface area contributed by atoms with Gasteiger partial charge in [0, 0.05) is 24.9 Å². The zero-order chi connectivity index (χ0) is 12.1. The Balaban J connectivity index is 1.92. The molecule has 1 N–H and O–H groups in total. The zero-order valence-corrected chi connectivity index (χ0v) is 9.92. The maximum Gasteiger partial charge on any atom is 0.233 e. The van der Waals surface area contributed by atoms with E-state index in [1.54, 1.807) is 13.2 Å². The number of nitrogens with zero attached hydrogens (tertiary/aromatic N) is 4. The molecule has 2 rings (SSSR count). The summed E-state index contributed by atoms with van der Waals surface area (Å²) < 4.78 is 6.80. The van der Waals surface area contributed by atoms with Crippen LogP contribution in [0.1, 0.15) is 12.6 Å². The monoisotopic (exact) mass is 233 g/mol. The van der Waals surface area contributed by atoms with Gasteiger partial charge in [-0.1, -0.05) is 0 Å². The van der Waals surface area contributed by atoms with E-state index < -0.39 is 0 Å². The van der Waals surface area contributed by atoms with Crippen LogP contribution in [0.5, 0.6) is 5.88 Å². The summed E-state index contributed by atoms with van der Waals surface area (Å²) >= 11 is 0. The predicted octanol–water partition coefficient (Wildman–Crippen LogP) is 1.31. The molecular formula is C11H15N5O. The van der Waals surface area contributed by atoms with Gasteiger partial charge in [-0.15, -0.1) is 5.10 Å². The van der Waals surface area contributed by atoms with Crippen molar-refractivity contribution in [2.75, 3.05) is 12.4 Å². The number of hydrogen-bond acceptors (Lipinski definition) is 5. The number of ether oxygens (including phenoxy) is 1. The topological polar surface area (TPSA) is 64.9 Å². The van der Waals surface area contributed by atoms with Crippen LogP contribution in [0.3, 0.4) is 0 Å². The van der Waals surface area contributed by atoms with Crippen molar-refractivity contribution in [3.05, 3.63) is 30.1 Å². The molecule has 2 heterocycles. The average Bonchev–Trinajstić information content (AvgIpc) is 2.85. The lowest BCUT2D eigenvalue weighted by molar-refractivity contribution is 0.391. The first kappa shape index (κ1) is 11.4. The van der Waals surface area contributed by atoms with Crippen molar-refractivity contribution in [1.82, 2.24) is 20.0 Å². The second kappa shape index (κ2) is 5.29. The van der Waals surface area contributed by atoms with Gasteiger partial charge in [0.1, 0.15) is 5.82 Å². The minimum Gasteiger partial charge on any atom is -0.480 e. The number of methoxy groups -OCH3 is 1. The molecule has 0 aliphatic heterocycles. The van der Waals surface area contributed by atoms with Gasteiger partial charge < -0.3 is 10.1 Å². The third-order valence-corrected chi connectivity index (χ3v) is 2.32. The highest BCUT2D eigenvalue weighted by atomic mass is 16.5. The highest BCUT2D eigenvalue weighted by molar-refractivity contribution is 5.32. The molecule has 0 aliphatic rings. The number of hydrogen-bond donors (Lipinski definition) is 1. The molecule has 0 radical (unpaired) electrons. The second-order valence-electron chi connectivity index (χ2n) is 3.48. The second-order valence-corrected chi connectivity index (χ2v) is 3.48. The number of anilines is 1. The van der Waals surface area contributed by atoms with Gasteiger partial charge in [-0.2, -0.15) is 10.2 Å². The van der Waals surface area contributed by atoms with Crippen LogP contribution in [-0.4, -0.2) is 27.1 Å². The molecule has 0 spiro atoms. The van der Waals surface area contributed by atoms with Crippen LogP contribution < -0.4 is 10.1 Å². The molecule has 0 unspecified atom stereocenters. The van der Waals surface area contributed by atoms with E-state index in [1.165, 1.54) is 0 Å². The summed E-state index contributed by atoms with van der Waals surface area (Å²) in [5.41, 5.74) is 0.844. The van der Waals surface area contributed by atoms with Crippen LogP contribution in [0.4, 0.5) is 5.82 Å². The first-order valence-corrected chi connectivity index (χ1v) is 5.45. The molecule has 17 heavy (non-hydrogen) atoms. The van der Waals surface area contributed by atoms with E-state index in [1.807, 2.05) is 29.9 Å². The minimum absolute atomic E-state index is 0.518. The van der Waals surface area contributed by atoms with Gasteiger partial charge >= 0.3 is 0 Å². The fourth-order valence-electron chi connectivity index (χ4n) is 1.36. The Labute approximate surface area is 99.6 Å². The van der Waals surface area contributed by atoms with Gasteiger partial charge in [-0.25, -0.2) is 0 Å². The number of rotatable bonds is 5. The number of nitrogens with one attached hydrogen (secondary N) is 1. The van der Waals surface area contributed by atoms with Crippen LogP contribution in [0.25, 0.3) is 0 Å². The first-order valence-electron chi connectivity index (χ1n) is 5.45. The Morgan fingerprint density at radius 2 is 2.18 bits per heavy atom. The number of aryl methyl sites for hydroxylation is 1. The highest BCUT2D eigenvalue weighted by Crippen LogP contribution is 2.07. The van der Waals surface area contributed by atoms with Crippen molar-refractivity contribution in [3.63, 3.8) is 0 Å². The Morgan fingerprint density at radius 3 is 2.76 bits per heavy atom. The fraction of sp³-hybridized carbons (Fsp3) is 0.364. The lowest BCUT2D eigenvalue weighted by Crippen LogP contribution is -2.04. The molecule has 2 aromatic rings. The van der Waals surface area contributed by atoms with E-state index in [0.717, 1.165) is 18.1 Å². The zero-order valence-electron chi connectivity index (χ0n) is 9.92.